The highest BCUT2D eigenvalue weighted by Crippen LogP contribution is 2.16. The molecule has 1 aromatic carbocycles. The summed E-state index contributed by atoms with van der Waals surface area (Å²) < 4.78 is 0.919. The Morgan fingerprint density at radius 1 is 1.50 bits per heavy atom. The van der Waals surface area contributed by atoms with Crippen LogP contribution in [0.4, 0.5) is 0 Å². The van der Waals surface area contributed by atoms with Gasteiger partial charge >= 0.3 is 0 Å². The van der Waals surface area contributed by atoms with Gasteiger partial charge in [-0.25, -0.2) is 5.48 Å². The van der Waals surface area contributed by atoms with E-state index in [2.05, 4.69) is 26.2 Å². The first-order valence-electron chi connectivity index (χ1n) is 4.47. The predicted molar refractivity (Wildman–Crippen MR) is 61.5 cm³/mol. The summed E-state index contributed by atoms with van der Waals surface area (Å²) in [6.07, 6.45) is 0. The molecule has 0 radical (unpaired) electrons. The summed E-state index contributed by atoms with van der Waals surface area (Å²) >= 11 is 3.33. The highest BCUT2D eigenvalue weighted by Gasteiger charge is 2.07. The number of rotatable bonds is 4. The molecule has 16 heavy (non-hydrogen) atoms. The van der Waals surface area contributed by atoms with E-state index in [-0.39, 0.29) is 6.61 Å². The molecule has 0 fully saturated rings. The van der Waals surface area contributed by atoms with Crippen LogP contribution in [-0.2, 0) is 9.63 Å². The van der Waals surface area contributed by atoms with Crippen molar-refractivity contribution < 1.29 is 14.4 Å². The molecule has 0 aliphatic carbocycles. The molecule has 5 nitrogen and oxygen atoms in total. The molecule has 3 N–H and O–H groups in total. The lowest BCUT2D eigenvalue weighted by atomic mass is 10.1. The van der Waals surface area contributed by atoms with Crippen molar-refractivity contribution in [2.24, 2.45) is 5.73 Å². The maximum Gasteiger partial charge on any atom is 0.274 e. The minimum atomic E-state index is -0.646. The quantitative estimate of drug-likeness (QED) is 0.807. The number of amides is 2. The highest BCUT2D eigenvalue weighted by atomic mass is 79.9. The molecule has 0 spiro atoms. The zero-order valence-corrected chi connectivity index (χ0v) is 10.2. The Balaban J connectivity index is 2.59. The maximum atomic E-state index is 11.5. The minimum Gasteiger partial charge on any atom is -0.368 e. The molecule has 1 rings (SSSR count). The standard InChI is InChI=1S/C10H11BrN2O3/c1-6-4-7(2-3-8(6)11)10(15)13-16-5-9(12)14/h2-4H,5H2,1H3,(H2,12,14)(H,13,15). The second kappa shape index (κ2) is 5.62. The first-order valence-corrected chi connectivity index (χ1v) is 5.26. The third kappa shape index (κ3) is 3.63. The van der Waals surface area contributed by atoms with Crippen LogP contribution in [0.2, 0.25) is 0 Å². The number of nitrogens with two attached hydrogens (primary N) is 1. The van der Waals surface area contributed by atoms with Crippen LogP contribution in [0, 0.1) is 6.92 Å². The molecule has 0 saturated carbocycles. The van der Waals surface area contributed by atoms with Crippen LogP contribution in [0.1, 0.15) is 15.9 Å². The van der Waals surface area contributed by atoms with Gasteiger partial charge in [-0.15, -0.1) is 0 Å². The number of hydroxylamine groups is 1. The van der Waals surface area contributed by atoms with Gasteiger partial charge in [0, 0.05) is 10.0 Å². The van der Waals surface area contributed by atoms with Gasteiger partial charge in [-0.3, -0.25) is 14.4 Å². The molecule has 0 bridgehead atoms. The average Bonchev–Trinajstić information content (AvgIpc) is 2.21. The van der Waals surface area contributed by atoms with Crippen molar-refractivity contribution in [2.75, 3.05) is 6.61 Å². The molecule has 6 heteroatoms. The Morgan fingerprint density at radius 3 is 2.75 bits per heavy atom. The van der Waals surface area contributed by atoms with E-state index in [1.807, 2.05) is 6.92 Å². The normalized spacial score (nSPS) is 9.88. The van der Waals surface area contributed by atoms with E-state index >= 15 is 0 Å². The molecule has 0 saturated heterocycles. The summed E-state index contributed by atoms with van der Waals surface area (Å²) in [5.41, 5.74) is 8.34. The number of carbonyl (C=O) groups is 2. The lowest BCUT2D eigenvalue weighted by Gasteiger charge is -2.05. The van der Waals surface area contributed by atoms with E-state index in [0.29, 0.717) is 5.56 Å². The number of primary amides is 1. The fourth-order valence-corrected chi connectivity index (χ4v) is 1.26. The van der Waals surface area contributed by atoms with E-state index in [0.717, 1.165) is 10.0 Å². The average molecular weight is 287 g/mol. The van der Waals surface area contributed by atoms with E-state index < -0.39 is 11.8 Å². The van der Waals surface area contributed by atoms with Crippen LogP contribution in [-0.4, -0.2) is 18.4 Å². The zero-order chi connectivity index (χ0) is 12.1. The Bertz CT molecular complexity index is 421. The molecular formula is C10H11BrN2O3. The number of hydrogen-bond acceptors (Lipinski definition) is 3. The van der Waals surface area contributed by atoms with Crippen LogP contribution < -0.4 is 11.2 Å². The topological polar surface area (TPSA) is 81.4 Å². The second-order valence-corrected chi connectivity index (χ2v) is 4.00. The van der Waals surface area contributed by atoms with Crippen LogP contribution in [0.25, 0.3) is 0 Å². The zero-order valence-electron chi connectivity index (χ0n) is 8.62. The van der Waals surface area contributed by atoms with E-state index in [9.17, 15) is 9.59 Å². The van der Waals surface area contributed by atoms with Crippen LogP contribution in [0.3, 0.4) is 0 Å². The first kappa shape index (κ1) is 12.7. The molecule has 86 valence electrons. The molecule has 0 heterocycles. The largest absolute Gasteiger partial charge is 0.368 e. The molecule has 0 unspecified atom stereocenters. The van der Waals surface area contributed by atoms with Gasteiger partial charge in [0.1, 0.15) is 0 Å². The second-order valence-electron chi connectivity index (χ2n) is 3.15. The van der Waals surface area contributed by atoms with E-state index in [1.54, 1.807) is 18.2 Å². The summed E-state index contributed by atoms with van der Waals surface area (Å²) in [6.45, 7) is 1.52. The molecule has 0 atom stereocenters. The number of halogens is 1. The number of aryl methyl sites for hydroxylation is 1. The van der Waals surface area contributed by atoms with Gasteiger partial charge in [-0.1, -0.05) is 15.9 Å². The fourth-order valence-electron chi connectivity index (χ4n) is 1.02. The summed E-state index contributed by atoms with van der Waals surface area (Å²) in [7, 11) is 0. The number of benzene rings is 1. The first-order chi connectivity index (χ1) is 7.50. The summed E-state index contributed by atoms with van der Waals surface area (Å²) in [5.74, 6) is -1.07. The number of nitrogens with one attached hydrogen (secondary N) is 1. The van der Waals surface area contributed by atoms with Gasteiger partial charge in [0.05, 0.1) is 0 Å². The Kier molecular flexibility index (Phi) is 4.45. The van der Waals surface area contributed by atoms with Crippen molar-refractivity contribution in [3.63, 3.8) is 0 Å². The van der Waals surface area contributed by atoms with Gasteiger partial charge in [-0.2, -0.15) is 0 Å². The Hall–Kier alpha value is -1.40. The number of hydrogen-bond donors (Lipinski definition) is 2. The van der Waals surface area contributed by atoms with Gasteiger partial charge in [0.2, 0.25) is 5.91 Å². The van der Waals surface area contributed by atoms with Gasteiger partial charge < -0.3 is 5.73 Å². The lowest BCUT2D eigenvalue weighted by molar-refractivity contribution is -0.124. The summed E-state index contributed by atoms with van der Waals surface area (Å²) in [6, 6.07) is 5.10. The molecular weight excluding hydrogens is 276 g/mol. The molecule has 2 amide bonds. The third-order valence-electron chi connectivity index (χ3n) is 1.80. The van der Waals surface area contributed by atoms with Crippen molar-refractivity contribution in [3.8, 4) is 0 Å². The maximum absolute atomic E-state index is 11.5. The Morgan fingerprint density at radius 2 is 2.19 bits per heavy atom. The summed E-state index contributed by atoms with van der Waals surface area (Å²) in [4.78, 5) is 26.4. The molecule has 0 aromatic heterocycles. The van der Waals surface area contributed by atoms with Crippen LogP contribution >= 0.6 is 15.9 Å². The predicted octanol–water partition coefficient (Wildman–Crippen LogP) is 0.904. The van der Waals surface area contributed by atoms with Gasteiger partial charge in [-0.05, 0) is 30.7 Å². The van der Waals surface area contributed by atoms with Crippen LogP contribution in [0.15, 0.2) is 22.7 Å². The van der Waals surface area contributed by atoms with Crippen molar-refractivity contribution >= 4 is 27.7 Å². The van der Waals surface area contributed by atoms with Crippen molar-refractivity contribution in [1.29, 1.82) is 0 Å². The minimum absolute atomic E-state index is 0.346. The van der Waals surface area contributed by atoms with E-state index in [4.69, 9.17) is 5.73 Å². The molecule has 0 aliphatic heterocycles. The number of carbonyl (C=O) groups excluding carboxylic acids is 2. The SMILES string of the molecule is Cc1cc(C(=O)NOCC(N)=O)ccc1Br. The van der Waals surface area contributed by atoms with Crippen molar-refractivity contribution in [1.82, 2.24) is 5.48 Å². The van der Waals surface area contributed by atoms with Crippen molar-refractivity contribution in [2.45, 2.75) is 6.92 Å². The van der Waals surface area contributed by atoms with Crippen LogP contribution in [0.5, 0.6) is 0 Å². The monoisotopic (exact) mass is 286 g/mol. The van der Waals surface area contributed by atoms with Crippen molar-refractivity contribution in [3.05, 3.63) is 33.8 Å². The Labute approximate surface area is 101 Å². The van der Waals surface area contributed by atoms with Gasteiger partial charge in [0.25, 0.3) is 5.91 Å². The fraction of sp³-hybridized carbons (Fsp3) is 0.200. The smallest absolute Gasteiger partial charge is 0.274 e. The lowest BCUT2D eigenvalue weighted by Crippen LogP contribution is -2.29. The third-order valence-corrected chi connectivity index (χ3v) is 2.69. The van der Waals surface area contributed by atoms with Gasteiger partial charge in [0.15, 0.2) is 6.61 Å². The highest BCUT2D eigenvalue weighted by molar-refractivity contribution is 9.10. The summed E-state index contributed by atoms with van der Waals surface area (Å²) in [5, 5.41) is 0. The van der Waals surface area contributed by atoms with E-state index in [1.165, 1.54) is 0 Å². The molecule has 1 aromatic rings. The molecule has 0 aliphatic rings.